The normalized spacial score (nSPS) is 45.0. The van der Waals surface area contributed by atoms with Gasteiger partial charge in [-0.25, -0.2) is 4.79 Å². The minimum absolute atomic E-state index is 0.239. The molecule has 0 saturated carbocycles. The number of esters is 1. The number of carbonyl (C=O) groups is 1. The van der Waals surface area contributed by atoms with Gasteiger partial charge in [0.05, 0.1) is 44.7 Å². The Morgan fingerprint density at radius 2 is 1.53 bits per heavy atom. The van der Waals surface area contributed by atoms with Gasteiger partial charge in [0.1, 0.15) is 48.8 Å². The van der Waals surface area contributed by atoms with E-state index in [0.717, 1.165) is 0 Å². The third-order valence-corrected chi connectivity index (χ3v) is 7.33. The Bertz CT molecular complexity index is 892. The maximum Gasteiger partial charge on any atom is 0.337 e. The molecule has 0 aromatic rings. The molecule has 0 amide bonds. The van der Waals surface area contributed by atoms with Crippen molar-refractivity contribution in [2.45, 2.75) is 74.1 Å². The van der Waals surface area contributed by atoms with Gasteiger partial charge >= 0.3 is 5.97 Å². The molecule has 0 spiro atoms. The molecule has 38 heavy (non-hydrogen) atoms. The third kappa shape index (κ3) is 5.47. The van der Waals surface area contributed by atoms with E-state index in [4.69, 9.17) is 28.4 Å². The van der Waals surface area contributed by atoms with Gasteiger partial charge in [-0.2, -0.15) is 0 Å². The summed E-state index contributed by atoms with van der Waals surface area (Å²) in [6.45, 7) is -1.54. The number of hydrogen-bond acceptors (Lipinski definition) is 15. The van der Waals surface area contributed by atoms with Crippen LogP contribution in [0.4, 0.5) is 0 Å². The van der Waals surface area contributed by atoms with Crippen LogP contribution < -0.4 is 0 Å². The zero-order valence-corrected chi connectivity index (χ0v) is 20.4. The van der Waals surface area contributed by atoms with Crippen LogP contribution in [0.1, 0.15) is 6.42 Å². The van der Waals surface area contributed by atoms with E-state index in [1.165, 1.54) is 13.4 Å². The topological polar surface area (TPSA) is 234 Å². The maximum absolute atomic E-state index is 12.2. The summed E-state index contributed by atoms with van der Waals surface area (Å²) in [5, 5.41) is 80.5. The summed E-state index contributed by atoms with van der Waals surface area (Å²) < 4.78 is 32.5. The molecule has 8 N–H and O–H groups in total. The second-order valence-corrected chi connectivity index (χ2v) is 9.56. The van der Waals surface area contributed by atoms with E-state index in [0.29, 0.717) is 12.0 Å². The highest BCUT2D eigenvalue weighted by Crippen LogP contribution is 2.44. The molecular weight excluding hydrogens is 516 g/mol. The van der Waals surface area contributed by atoms with E-state index in [2.05, 4.69) is 0 Å². The maximum atomic E-state index is 12.2. The summed E-state index contributed by atoms with van der Waals surface area (Å²) in [5.74, 6) is -1.68. The van der Waals surface area contributed by atoms with Gasteiger partial charge in [-0.05, 0) is 12.0 Å². The van der Waals surface area contributed by atoms with Gasteiger partial charge in [-0.1, -0.05) is 6.08 Å². The van der Waals surface area contributed by atoms with Crippen LogP contribution >= 0.6 is 0 Å². The summed E-state index contributed by atoms with van der Waals surface area (Å²) in [6.07, 6.45) is -13.6. The second kappa shape index (κ2) is 12.2. The molecule has 0 unspecified atom stereocenters. The number of carbonyl (C=O) groups excluding carboxylic acids is 1. The molecule has 13 atom stereocenters. The Morgan fingerprint density at radius 1 is 0.895 bits per heavy atom. The van der Waals surface area contributed by atoms with Crippen LogP contribution in [0.15, 0.2) is 23.5 Å². The van der Waals surface area contributed by atoms with Crippen LogP contribution in [0.25, 0.3) is 0 Å². The number of methoxy groups -OCH3 is 1. The summed E-state index contributed by atoms with van der Waals surface area (Å²) in [4.78, 5) is 12.2. The van der Waals surface area contributed by atoms with Crippen LogP contribution in [-0.4, -0.2) is 141 Å². The standard InChI is InChI=1S/C23H34O15/c1-33-20(32)10-6-34-21(13-8(4-24)2-3-9(10)13)38-23-19(31)17(29)15(27)12(37-23)7-35-22-18(30)16(28)14(26)11(5-25)36-22/h2,6,9,11-19,21-31H,3-5,7H2,1H3/t9-,11-,12-,13-,14-,15-,16+,17+,18-,19-,21+,22-,23+/m0/s1. The van der Waals surface area contributed by atoms with Gasteiger partial charge in [-0.3, -0.25) is 0 Å². The summed E-state index contributed by atoms with van der Waals surface area (Å²) in [6, 6.07) is 0. The van der Waals surface area contributed by atoms with Crippen molar-refractivity contribution in [2.24, 2.45) is 11.8 Å². The summed E-state index contributed by atoms with van der Waals surface area (Å²) in [5.41, 5.74) is 0.770. The monoisotopic (exact) mass is 550 g/mol. The SMILES string of the molecule is COC(=O)C1=CO[C@H](O[C@H]2O[C@@H](CO[C@H]3O[C@@H](CO)[C@H](O)[C@@H](O)[C@@H]3O)[C@H](O)[C@@H](O)[C@@H]2O)[C@H]2C(CO)=CC[C@@H]12. The largest absolute Gasteiger partial charge is 0.471 e. The third-order valence-electron chi connectivity index (χ3n) is 7.33. The Balaban J connectivity index is 1.45. The lowest BCUT2D eigenvalue weighted by Crippen LogP contribution is -2.62. The molecule has 3 aliphatic heterocycles. The fourth-order valence-corrected chi connectivity index (χ4v) is 5.11. The molecule has 15 nitrogen and oxygen atoms in total. The highest BCUT2D eigenvalue weighted by molar-refractivity contribution is 5.89. The minimum atomic E-state index is -1.76. The van der Waals surface area contributed by atoms with Crippen LogP contribution in [0, 0.1) is 11.8 Å². The molecule has 4 aliphatic rings. The number of rotatable bonds is 8. The molecule has 0 aromatic heterocycles. The number of aliphatic hydroxyl groups excluding tert-OH is 8. The first-order valence-electron chi connectivity index (χ1n) is 12.1. The average Bonchev–Trinajstić information content (AvgIpc) is 3.36. The Kier molecular flexibility index (Phi) is 9.39. The van der Waals surface area contributed by atoms with Gasteiger partial charge in [0.25, 0.3) is 0 Å². The highest BCUT2D eigenvalue weighted by atomic mass is 16.8. The van der Waals surface area contributed by atoms with Crippen molar-refractivity contribution in [3.63, 3.8) is 0 Å². The quantitative estimate of drug-likeness (QED) is 0.105. The van der Waals surface area contributed by atoms with Gasteiger partial charge in [0.15, 0.2) is 12.6 Å². The van der Waals surface area contributed by atoms with E-state index in [9.17, 15) is 45.6 Å². The molecule has 4 rings (SSSR count). The van der Waals surface area contributed by atoms with Crippen molar-refractivity contribution in [2.75, 3.05) is 26.9 Å². The van der Waals surface area contributed by atoms with Crippen molar-refractivity contribution in [1.29, 1.82) is 0 Å². The lowest BCUT2D eigenvalue weighted by Gasteiger charge is -2.44. The Hall–Kier alpha value is -1.73. The molecule has 1 aliphatic carbocycles. The second-order valence-electron chi connectivity index (χ2n) is 9.56. The summed E-state index contributed by atoms with van der Waals surface area (Å²) in [7, 11) is 1.22. The summed E-state index contributed by atoms with van der Waals surface area (Å²) >= 11 is 0. The molecule has 2 fully saturated rings. The van der Waals surface area contributed by atoms with Gasteiger partial charge in [0.2, 0.25) is 6.29 Å². The van der Waals surface area contributed by atoms with Crippen molar-refractivity contribution in [3.8, 4) is 0 Å². The van der Waals surface area contributed by atoms with E-state index >= 15 is 0 Å². The minimum Gasteiger partial charge on any atom is -0.471 e. The lowest BCUT2D eigenvalue weighted by atomic mass is 9.83. The molecule has 0 radical (unpaired) electrons. The fraction of sp³-hybridized carbons (Fsp3) is 0.783. The number of allylic oxidation sites excluding steroid dienone is 1. The smallest absolute Gasteiger partial charge is 0.337 e. The predicted octanol–water partition coefficient (Wildman–Crippen LogP) is -4.40. The first-order valence-corrected chi connectivity index (χ1v) is 12.1. The first kappa shape index (κ1) is 29.3. The molecule has 216 valence electrons. The predicted molar refractivity (Wildman–Crippen MR) is 119 cm³/mol. The number of hydrogen-bond donors (Lipinski definition) is 8. The highest BCUT2D eigenvalue weighted by Gasteiger charge is 2.51. The fourth-order valence-electron chi connectivity index (χ4n) is 5.11. The average molecular weight is 551 g/mol. The van der Waals surface area contributed by atoms with Crippen molar-refractivity contribution in [3.05, 3.63) is 23.5 Å². The molecule has 0 bridgehead atoms. The molecule has 3 heterocycles. The van der Waals surface area contributed by atoms with Crippen LogP contribution in [0.5, 0.6) is 0 Å². The molecule has 2 saturated heterocycles. The molecule has 15 heteroatoms. The van der Waals surface area contributed by atoms with E-state index in [-0.39, 0.29) is 12.2 Å². The van der Waals surface area contributed by atoms with E-state index in [1.807, 2.05) is 0 Å². The van der Waals surface area contributed by atoms with Crippen molar-refractivity contribution < 1.29 is 74.1 Å². The van der Waals surface area contributed by atoms with E-state index < -0.39 is 98.7 Å². The molecule has 0 aromatic carbocycles. The van der Waals surface area contributed by atoms with E-state index in [1.54, 1.807) is 6.08 Å². The zero-order chi connectivity index (χ0) is 27.7. The Morgan fingerprint density at radius 3 is 2.16 bits per heavy atom. The number of ether oxygens (including phenoxy) is 6. The van der Waals surface area contributed by atoms with Crippen molar-refractivity contribution in [1.82, 2.24) is 0 Å². The zero-order valence-electron chi connectivity index (χ0n) is 20.4. The van der Waals surface area contributed by atoms with Crippen molar-refractivity contribution >= 4 is 5.97 Å². The van der Waals surface area contributed by atoms with Crippen LogP contribution in [-0.2, 0) is 33.2 Å². The van der Waals surface area contributed by atoms with Crippen LogP contribution in [0.2, 0.25) is 0 Å². The molecular formula is C23H34O15. The lowest BCUT2D eigenvalue weighted by molar-refractivity contribution is -0.352. The number of fused-ring (bicyclic) bond motifs is 1. The Labute approximate surface area is 217 Å². The van der Waals surface area contributed by atoms with Gasteiger partial charge in [0, 0.05) is 5.92 Å². The van der Waals surface area contributed by atoms with Crippen LogP contribution in [0.3, 0.4) is 0 Å². The van der Waals surface area contributed by atoms with Gasteiger partial charge < -0.3 is 69.3 Å². The van der Waals surface area contributed by atoms with Gasteiger partial charge in [-0.15, -0.1) is 0 Å². The first-order chi connectivity index (χ1) is 18.1. The number of aliphatic hydroxyl groups is 8.